The number of hydrogen-bond acceptors (Lipinski definition) is 18. The third kappa shape index (κ3) is 33.9. The van der Waals surface area contributed by atoms with Gasteiger partial charge >= 0.3 is 93.8 Å². The average Bonchev–Trinajstić information content (AvgIpc) is 0.803. The SMILES string of the molecule is C1=C[N-]c2c3c(ccc2=C1)=CC=C[N-]3.C1=C[N-]c2c3c(ccc2=C1)=CC=C[N-]3.C1=C[N-]c2c3c(ccc2=C1)=CC=C[N-]3.O.O.O=C(O)c1ccc(Oc2ccc(C(O)O)cc2)cc1.O=C(O)c1ccc(Oc2ccc(C(O)O)cc2)cc1.OC(O)c1ccc(Oc2ccc(C(O)O)cc2)cc1.OC(O)c1ccc(Oc2ccc(C(O)O)cc2)cc1.[Cd+2].[Cd+2].[Cd+2].[Cd].[Cd].[OH3+].[OH3+]. The fraction of sp³-hybridized carbons (Fsp3) is 0.0652. The van der Waals surface area contributed by atoms with Crippen LogP contribution in [-0.4, -0.2) is 94.4 Å². The Morgan fingerprint density at radius 2 is 0.346 bits per heavy atom. The predicted octanol–water partition coefficient (Wildman–Crippen LogP) is 10.6. The summed E-state index contributed by atoms with van der Waals surface area (Å²) in [5.41, 5.74) is 8.50. The molecule has 24 N–H and O–H groups in total. The van der Waals surface area contributed by atoms with Crippen LogP contribution in [0.3, 0.4) is 0 Å². The summed E-state index contributed by atoms with van der Waals surface area (Å²) in [5, 5.41) is 158. The van der Waals surface area contributed by atoms with Crippen LogP contribution in [0.15, 0.2) is 304 Å². The summed E-state index contributed by atoms with van der Waals surface area (Å²) in [7, 11) is 0. The molecule has 30 nitrogen and oxygen atoms in total. The zero-order chi connectivity index (χ0) is 83.5. The third-order valence-electron chi connectivity index (χ3n) is 17.2. The molecule has 0 bridgehead atoms. The van der Waals surface area contributed by atoms with Gasteiger partial charge in [-0.05, 0) is 153 Å². The Bertz CT molecular complexity index is 5190. The Balaban J connectivity index is 0.000000497. The molecule has 0 atom stereocenters. The first-order valence-electron chi connectivity index (χ1n) is 36.0. The second-order valence-electron chi connectivity index (χ2n) is 25.4. The maximum absolute atomic E-state index is 10.7. The second-order valence-corrected chi connectivity index (χ2v) is 25.4. The van der Waals surface area contributed by atoms with Crippen LogP contribution >= 0.6 is 0 Å². The van der Waals surface area contributed by atoms with Gasteiger partial charge in [-0.2, -0.15) is 37.2 Å². The van der Waals surface area contributed by atoms with E-state index in [9.17, 15) is 9.59 Å². The van der Waals surface area contributed by atoms with Gasteiger partial charge in [0.1, 0.15) is 46.0 Å². The molecule has 0 saturated heterocycles. The summed E-state index contributed by atoms with van der Waals surface area (Å²) in [6.45, 7) is 0. The summed E-state index contributed by atoms with van der Waals surface area (Å²) >= 11 is 0. The summed E-state index contributed by atoms with van der Waals surface area (Å²) in [6, 6.07) is 62.3. The van der Waals surface area contributed by atoms with E-state index < -0.39 is 49.7 Å². The summed E-state index contributed by atoms with van der Waals surface area (Å²) in [4.78, 5) is 21.4. The zero-order valence-corrected chi connectivity index (χ0v) is 88.1. The maximum atomic E-state index is 10.7. The van der Waals surface area contributed by atoms with Crippen LogP contribution in [0.1, 0.15) is 91.8 Å². The normalized spacial score (nSPS) is 11.5. The average molecular weight is 2220 g/mol. The zero-order valence-electron chi connectivity index (χ0n) is 67.9. The van der Waals surface area contributed by atoms with E-state index in [4.69, 9.17) is 90.4 Å². The minimum atomic E-state index is -1.51. The van der Waals surface area contributed by atoms with Crippen molar-refractivity contribution in [3.8, 4) is 46.0 Å². The summed E-state index contributed by atoms with van der Waals surface area (Å²) in [5.74, 6) is 2.23. The Kier molecular flexibility index (Phi) is 50.8. The molecule has 35 heteroatoms. The van der Waals surface area contributed by atoms with Crippen molar-refractivity contribution < 1.29 is 258 Å². The van der Waals surface area contributed by atoms with Gasteiger partial charge in [0.2, 0.25) is 0 Å². The molecule has 6 aliphatic heterocycles. The molecular weight excluding hydrogens is 2140 g/mol. The Morgan fingerprint density at radius 3 is 0.465 bits per heavy atom. The molecular formula is C92H86Cd5N6O24+2. The number of carboxylic acids is 2. The number of carbonyl (C=O) groups is 2. The molecule has 17 rings (SSSR count). The van der Waals surface area contributed by atoms with Gasteiger partial charge in [0.15, 0.2) is 37.7 Å². The molecule has 0 saturated carbocycles. The van der Waals surface area contributed by atoms with Crippen LogP contribution in [-0.2, 0) is 147 Å². The monoisotopic (exact) mass is 2230 g/mol. The largest absolute Gasteiger partial charge is 2.00 e. The summed E-state index contributed by atoms with van der Waals surface area (Å²) < 4.78 is 22.0. The van der Waals surface area contributed by atoms with Crippen molar-refractivity contribution in [2.45, 2.75) is 37.7 Å². The standard InChI is InChI=1S/2C14H14O5.2C14H12O5.3C12H8N2.5Cd.4H2O/c4*15-13(16)9-1-5-11(6-2-9)19-12-7-3-10(4-8-12)14(17)18;3*1-3-9-5-6-10-4-2-8-14-12(10)11(9)13-7-1;;;;;;;;;/h2*1-8,13-18H;2*1-8,13,15-16H,(H,17,18);3*1-8H;;;;;;4*1H2/q;;;;3*-2;;;3*+2;;;;/p+2. The second kappa shape index (κ2) is 57.0. The van der Waals surface area contributed by atoms with Crippen molar-refractivity contribution in [2.75, 3.05) is 0 Å². The van der Waals surface area contributed by atoms with Crippen molar-refractivity contribution in [3.63, 3.8) is 0 Å². The number of aliphatic hydroxyl groups is 12. The first-order chi connectivity index (χ1) is 57.1. The molecule has 0 amide bonds. The van der Waals surface area contributed by atoms with E-state index in [0.29, 0.717) is 79.4 Å². The number of benzene rings is 11. The number of allylic oxidation sites excluding steroid dienone is 6. The van der Waals surface area contributed by atoms with E-state index in [2.05, 4.69) is 105 Å². The Morgan fingerprint density at radius 1 is 0.220 bits per heavy atom. The van der Waals surface area contributed by atoms with E-state index in [1.54, 1.807) is 183 Å². The third-order valence-corrected chi connectivity index (χ3v) is 17.2. The minimum absolute atomic E-state index is 0. The Labute approximate surface area is 828 Å². The molecule has 127 heavy (non-hydrogen) atoms. The molecule has 11 aromatic rings. The number of ether oxygens (including phenoxy) is 4. The first kappa shape index (κ1) is 113. The van der Waals surface area contributed by atoms with Gasteiger partial charge < -0.3 is 144 Å². The summed E-state index contributed by atoms with van der Waals surface area (Å²) in [6.07, 6.45) is 25.8. The van der Waals surface area contributed by atoms with Crippen molar-refractivity contribution in [3.05, 3.63) is 412 Å². The number of aromatic carboxylic acids is 2. The Hall–Kier alpha value is -10.0. The molecule has 0 aliphatic carbocycles. The number of hydrogen-bond donors (Lipinski definition) is 14. The first-order valence-corrected chi connectivity index (χ1v) is 36.0. The van der Waals surface area contributed by atoms with Crippen LogP contribution in [0.5, 0.6) is 46.0 Å². The molecule has 0 radical (unpaired) electrons. The number of fused-ring (bicyclic) bond motifs is 9. The smallest absolute Gasteiger partial charge is 0.665 e. The van der Waals surface area contributed by atoms with Crippen LogP contribution in [0, 0.1) is 0 Å². The molecule has 0 fully saturated rings. The van der Waals surface area contributed by atoms with Gasteiger partial charge in [0.05, 0.1) is 11.1 Å². The van der Waals surface area contributed by atoms with Crippen molar-refractivity contribution >= 4 is 82.5 Å². The van der Waals surface area contributed by atoms with Crippen LogP contribution in [0.4, 0.5) is 34.1 Å². The quantitative estimate of drug-likeness (QED) is 0.0243. The number of carboxylic acid groups (broad SMARTS) is 2. The fourth-order valence-electron chi connectivity index (χ4n) is 11.2. The van der Waals surface area contributed by atoms with E-state index in [1.807, 2.05) is 36.5 Å². The topological polar surface area (TPSA) is 568 Å². The van der Waals surface area contributed by atoms with Gasteiger partial charge in [0.25, 0.3) is 0 Å². The van der Waals surface area contributed by atoms with Crippen molar-refractivity contribution in [1.82, 2.24) is 0 Å². The fourth-order valence-corrected chi connectivity index (χ4v) is 11.2. The van der Waals surface area contributed by atoms with Gasteiger partial charge in [0, 0.05) is 88.0 Å². The molecule has 6 aliphatic rings. The van der Waals surface area contributed by atoms with Crippen molar-refractivity contribution in [2.24, 2.45) is 0 Å². The molecule has 0 unspecified atom stereocenters. The number of aliphatic hydroxyl groups excluding tert-OH is 6. The van der Waals surface area contributed by atoms with Crippen LogP contribution in [0.25, 0.3) is 68.4 Å². The molecule has 0 aromatic heterocycles. The van der Waals surface area contributed by atoms with E-state index in [0.717, 1.165) is 65.4 Å². The van der Waals surface area contributed by atoms with Crippen LogP contribution < -0.4 is 50.3 Å². The van der Waals surface area contributed by atoms with Crippen molar-refractivity contribution in [1.29, 1.82) is 0 Å². The number of rotatable bonds is 16. The van der Waals surface area contributed by atoms with Gasteiger partial charge in [-0.25, -0.2) is 9.59 Å². The molecule has 0 spiro atoms. The number of nitrogens with zero attached hydrogens (tertiary/aromatic N) is 6. The molecule has 636 valence electrons. The predicted molar refractivity (Wildman–Crippen MR) is 463 cm³/mol. The van der Waals surface area contributed by atoms with Gasteiger partial charge in [-0.3, -0.25) is 0 Å². The van der Waals surface area contributed by atoms with Gasteiger partial charge in [-0.1, -0.05) is 182 Å². The minimum Gasteiger partial charge on any atom is -0.665 e. The maximum Gasteiger partial charge on any atom is 2.00 e. The van der Waals surface area contributed by atoms with E-state index in [-0.39, 0.29) is 170 Å². The van der Waals surface area contributed by atoms with E-state index >= 15 is 0 Å². The molecule has 11 aromatic carbocycles. The molecule has 6 heterocycles. The van der Waals surface area contributed by atoms with E-state index in [1.165, 1.54) is 48.5 Å². The van der Waals surface area contributed by atoms with Crippen LogP contribution in [0.2, 0.25) is 0 Å². The van der Waals surface area contributed by atoms with Gasteiger partial charge in [-0.15, -0.1) is 34.1 Å².